The molecule has 0 spiro atoms. The summed E-state index contributed by atoms with van der Waals surface area (Å²) >= 11 is 6.15. The Kier molecular flexibility index (Phi) is 4.82. The van der Waals surface area contributed by atoms with Crippen LogP contribution in [0.2, 0.25) is 5.02 Å². The van der Waals surface area contributed by atoms with Gasteiger partial charge in [-0.15, -0.1) is 0 Å². The molecule has 2 amide bonds. The summed E-state index contributed by atoms with van der Waals surface area (Å²) < 4.78 is 0. The molecular formula is C26H23ClN2O2. The van der Waals surface area contributed by atoms with Gasteiger partial charge in [-0.1, -0.05) is 71.8 Å². The molecule has 1 atom stereocenters. The minimum atomic E-state index is -0.914. The molecule has 1 saturated heterocycles. The number of rotatable bonds is 4. The number of aryl methyl sites for hydroxylation is 2. The molecule has 2 heterocycles. The van der Waals surface area contributed by atoms with Gasteiger partial charge in [-0.25, -0.2) is 0 Å². The van der Waals surface area contributed by atoms with Gasteiger partial charge in [-0.2, -0.15) is 0 Å². The highest BCUT2D eigenvalue weighted by Crippen LogP contribution is 2.49. The maximum absolute atomic E-state index is 13.6. The lowest BCUT2D eigenvalue weighted by atomic mass is 9.89. The summed E-state index contributed by atoms with van der Waals surface area (Å²) in [6.45, 7) is 3.07. The summed E-state index contributed by atoms with van der Waals surface area (Å²) in [7, 11) is 0. The van der Waals surface area contributed by atoms with E-state index in [9.17, 15) is 9.59 Å². The molecule has 1 fully saturated rings. The van der Waals surface area contributed by atoms with Gasteiger partial charge in [-0.3, -0.25) is 9.59 Å². The summed E-state index contributed by atoms with van der Waals surface area (Å²) in [5, 5.41) is 0.625. The van der Waals surface area contributed by atoms with E-state index in [1.54, 1.807) is 0 Å². The number of nitrogens with zero attached hydrogens (tertiary/aromatic N) is 2. The smallest absolute Gasteiger partial charge is 0.256 e. The molecule has 1 unspecified atom stereocenters. The lowest BCUT2D eigenvalue weighted by molar-refractivity contribution is -0.136. The minimum absolute atomic E-state index is 0.0283. The van der Waals surface area contributed by atoms with Gasteiger partial charge in [0.1, 0.15) is 0 Å². The van der Waals surface area contributed by atoms with Crippen molar-refractivity contribution in [2.45, 2.75) is 25.4 Å². The molecule has 4 nitrogen and oxygen atoms in total. The van der Waals surface area contributed by atoms with Crippen LogP contribution in [0, 0.1) is 6.92 Å². The summed E-state index contributed by atoms with van der Waals surface area (Å²) in [6, 6.07) is 23.4. The Bertz CT molecular complexity index is 1160. The highest BCUT2D eigenvalue weighted by Gasteiger charge is 2.59. The van der Waals surface area contributed by atoms with Gasteiger partial charge in [0.15, 0.2) is 5.66 Å². The van der Waals surface area contributed by atoms with Crippen molar-refractivity contribution in [1.82, 2.24) is 9.80 Å². The number of fused-ring (bicyclic) bond motifs is 3. The molecular weight excluding hydrogens is 408 g/mol. The van der Waals surface area contributed by atoms with Gasteiger partial charge < -0.3 is 9.80 Å². The summed E-state index contributed by atoms with van der Waals surface area (Å²) in [6.07, 6.45) is 1.06. The fourth-order valence-electron chi connectivity index (χ4n) is 4.92. The van der Waals surface area contributed by atoms with Crippen molar-refractivity contribution in [3.8, 4) is 0 Å². The van der Waals surface area contributed by atoms with Crippen LogP contribution in [0.4, 0.5) is 0 Å². The average molecular weight is 431 g/mol. The Morgan fingerprint density at radius 2 is 1.68 bits per heavy atom. The first-order valence-electron chi connectivity index (χ1n) is 10.6. The van der Waals surface area contributed by atoms with E-state index in [-0.39, 0.29) is 11.8 Å². The molecule has 3 aromatic carbocycles. The van der Waals surface area contributed by atoms with E-state index in [1.165, 1.54) is 5.56 Å². The van der Waals surface area contributed by atoms with E-state index < -0.39 is 5.66 Å². The van der Waals surface area contributed by atoms with E-state index >= 15 is 0 Å². The third kappa shape index (κ3) is 3.05. The van der Waals surface area contributed by atoms with E-state index in [1.807, 2.05) is 58.3 Å². The van der Waals surface area contributed by atoms with Crippen molar-refractivity contribution in [1.29, 1.82) is 0 Å². The third-order valence-electron chi connectivity index (χ3n) is 6.40. The monoisotopic (exact) mass is 430 g/mol. The zero-order valence-electron chi connectivity index (χ0n) is 17.3. The molecule has 0 bridgehead atoms. The lowest BCUT2D eigenvalue weighted by Crippen LogP contribution is -2.51. The molecule has 156 valence electrons. The number of benzene rings is 3. The zero-order chi connectivity index (χ0) is 21.6. The third-order valence-corrected chi connectivity index (χ3v) is 6.65. The van der Waals surface area contributed by atoms with Gasteiger partial charge in [0, 0.05) is 41.2 Å². The standard InChI is InChI=1S/C26H23ClN2O2/c1-18-6-8-19(9-7-18)10-15-24(30)28-16-17-29-25(31)22-4-2-3-5-23(22)26(28,29)20-11-13-21(27)14-12-20/h2-9,11-14H,10,15-17H2,1H3. The molecule has 2 aliphatic rings. The van der Waals surface area contributed by atoms with Gasteiger partial charge in [0.05, 0.1) is 0 Å². The number of hydrogen-bond donors (Lipinski definition) is 0. The van der Waals surface area contributed by atoms with E-state index in [0.717, 1.165) is 16.7 Å². The Balaban J connectivity index is 1.55. The molecule has 0 saturated carbocycles. The number of carbonyl (C=O) groups is 2. The van der Waals surface area contributed by atoms with Crippen LogP contribution in [0.1, 0.15) is 39.0 Å². The van der Waals surface area contributed by atoms with E-state index in [4.69, 9.17) is 11.6 Å². The summed E-state index contributed by atoms with van der Waals surface area (Å²) in [5.74, 6) is 0.0157. The van der Waals surface area contributed by atoms with Crippen LogP contribution in [0.5, 0.6) is 0 Å². The van der Waals surface area contributed by atoms with E-state index in [0.29, 0.717) is 36.5 Å². The molecule has 0 radical (unpaired) electrons. The van der Waals surface area contributed by atoms with Crippen molar-refractivity contribution in [2.24, 2.45) is 0 Å². The number of carbonyl (C=O) groups excluding carboxylic acids is 2. The minimum Gasteiger partial charge on any atom is -0.310 e. The molecule has 31 heavy (non-hydrogen) atoms. The molecule has 5 rings (SSSR count). The Morgan fingerprint density at radius 3 is 2.42 bits per heavy atom. The maximum Gasteiger partial charge on any atom is 0.256 e. The highest BCUT2D eigenvalue weighted by atomic mass is 35.5. The van der Waals surface area contributed by atoms with Gasteiger partial charge >= 0.3 is 0 Å². The Morgan fingerprint density at radius 1 is 0.968 bits per heavy atom. The van der Waals surface area contributed by atoms with E-state index in [2.05, 4.69) is 31.2 Å². The molecule has 0 aromatic heterocycles. The first-order valence-corrected chi connectivity index (χ1v) is 10.9. The number of halogens is 1. The molecule has 5 heteroatoms. The number of hydrogen-bond acceptors (Lipinski definition) is 2. The molecule has 0 N–H and O–H groups in total. The normalized spacial score (nSPS) is 19.5. The first kappa shape index (κ1) is 19.8. The zero-order valence-corrected chi connectivity index (χ0v) is 18.1. The van der Waals surface area contributed by atoms with Crippen molar-refractivity contribution in [2.75, 3.05) is 13.1 Å². The fourth-order valence-corrected chi connectivity index (χ4v) is 5.05. The second-order valence-corrected chi connectivity index (χ2v) is 8.65. The Labute approximate surface area is 187 Å². The molecule has 0 aliphatic carbocycles. The topological polar surface area (TPSA) is 40.6 Å². The largest absolute Gasteiger partial charge is 0.310 e. The second kappa shape index (κ2) is 7.54. The first-order chi connectivity index (χ1) is 15.0. The molecule has 3 aromatic rings. The van der Waals surface area contributed by atoms with Gasteiger partial charge in [0.25, 0.3) is 5.91 Å². The van der Waals surface area contributed by atoms with Gasteiger partial charge in [-0.05, 0) is 37.1 Å². The second-order valence-electron chi connectivity index (χ2n) is 8.21. The van der Waals surface area contributed by atoms with Crippen LogP contribution < -0.4 is 0 Å². The Hall–Kier alpha value is -3.11. The number of amides is 2. The fraction of sp³-hybridized carbons (Fsp3) is 0.231. The van der Waals surface area contributed by atoms with Crippen LogP contribution in [0.25, 0.3) is 0 Å². The van der Waals surface area contributed by atoms with Crippen LogP contribution in [-0.2, 0) is 16.9 Å². The van der Waals surface area contributed by atoms with Crippen LogP contribution in [-0.4, -0.2) is 34.7 Å². The van der Waals surface area contributed by atoms with Gasteiger partial charge in [0.2, 0.25) is 5.91 Å². The summed E-state index contributed by atoms with van der Waals surface area (Å²) in [4.78, 5) is 30.5. The SMILES string of the molecule is Cc1ccc(CCC(=O)N2CCN3C(=O)c4ccccc4C23c2ccc(Cl)cc2)cc1. The molecule has 2 aliphatic heterocycles. The van der Waals surface area contributed by atoms with Crippen molar-refractivity contribution < 1.29 is 9.59 Å². The van der Waals surface area contributed by atoms with Crippen LogP contribution in [0.3, 0.4) is 0 Å². The van der Waals surface area contributed by atoms with Crippen molar-refractivity contribution in [3.63, 3.8) is 0 Å². The predicted octanol–water partition coefficient (Wildman–Crippen LogP) is 4.78. The van der Waals surface area contributed by atoms with Crippen molar-refractivity contribution in [3.05, 3.63) is 106 Å². The van der Waals surface area contributed by atoms with Crippen molar-refractivity contribution >= 4 is 23.4 Å². The lowest BCUT2D eigenvalue weighted by Gasteiger charge is -2.40. The predicted molar refractivity (Wildman–Crippen MR) is 121 cm³/mol. The average Bonchev–Trinajstić information content (AvgIpc) is 3.29. The van der Waals surface area contributed by atoms with Crippen LogP contribution >= 0.6 is 11.6 Å². The quantitative estimate of drug-likeness (QED) is 0.597. The maximum atomic E-state index is 13.6. The van der Waals surface area contributed by atoms with Crippen LogP contribution in [0.15, 0.2) is 72.8 Å². The summed E-state index contributed by atoms with van der Waals surface area (Å²) in [5.41, 5.74) is 3.84. The highest BCUT2D eigenvalue weighted by molar-refractivity contribution is 6.30.